The molecule has 2 aliphatic rings. The maximum absolute atomic E-state index is 12.9. The van der Waals surface area contributed by atoms with Crippen LogP contribution in [0, 0.1) is 11.8 Å². The lowest BCUT2D eigenvalue weighted by Gasteiger charge is -2.30. The number of ether oxygens (including phenoxy) is 2. The zero-order valence-electron chi connectivity index (χ0n) is 16.5. The van der Waals surface area contributed by atoms with Gasteiger partial charge in [-0.25, -0.2) is 0 Å². The highest BCUT2D eigenvalue weighted by Gasteiger charge is 2.27. The average molecular weight is 385 g/mol. The summed E-state index contributed by atoms with van der Waals surface area (Å²) in [5, 5.41) is 4.09. The lowest BCUT2D eigenvalue weighted by molar-refractivity contribution is 0.0831. The number of ketones is 1. The minimum Gasteiger partial charge on any atom is -0.486 e. The second kappa shape index (κ2) is 8.31. The second-order valence-corrected chi connectivity index (χ2v) is 7.98. The molecule has 150 valence electrons. The number of fused-ring (bicyclic) bond motifs is 1. The Bertz CT molecular complexity index is 825. The Kier molecular flexibility index (Phi) is 5.62. The van der Waals surface area contributed by atoms with Gasteiger partial charge >= 0.3 is 0 Å². The summed E-state index contributed by atoms with van der Waals surface area (Å²) in [6, 6.07) is 5.50. The molecule has 0 atom stereocenters. The molecule has 28 heavy (non-hydrogen) atoms. The Morgan fingerprint density at radius 2 is 1.93 bits per heavy atom. The quantitative estimate of drug-likeness (QED) is 0.707. The van der Waals surface area contributed by atoms with Gasteiger partial charge in [0.15, 0.2) is 23.1 Å². The summed E-state index contributed by atoms with van der Waals surface area (Å²) >= 11 is 0. The van der Waals surface area contributed by atoms with E-state index in [2.05, 4.69) is 28.9 Å². The van der Waals surface area contributed by atoms with Crippen LogP contribution >= 0.6 is 0 Å². The molecule has 1 fully saturated rings. The molecule has 1 aromatic heterocycles. The molecule has 2 aliphatic heterocycles. The minimum absolute atomic E-state index is 0.0422. The molecule has 2 aromatic rings. The van der Waals surface area contributed by atoms with Crippen molar-refractivity contribution in [2.24, 2.45) is 11.8 Å². The molecule has 0 saturated carbocycles. The number of carbonyl (C=O) groups excluding carboxylic acids is 1. The fourth-order valence-electron chi connectivity index (χ4n) is 3.77. The van der Waals surface area contributed by atoms with Crippen molar-refractivity contribution < 1.29 is 18.8 Å². The molecule has 1 saturated heterocycles. The number of nitrogens with zero attached hydrogens (tertiary/aromatic N) is 3. The molecular weight excluding hydrogens is 358 g/mol. The van der Waals surface area contributed by atoms with Gasteiger partial charge in [0.25, 0.3) is 0 Å². The third kappa shape index (κ3) is 4.35. The van der Waals surface area contributed by atoms with Gasteiger partial charge in [0.05, 0.1) is 6.54 Å². The molecule has 4 rings (SSSR count). The van der Waals surface area contributed by atoms with E-state index in [1.165, 1.54) is 0 Å². The normalized spacial score (nSPS) is 17.8. The van der Waals surface area contributed by atoms with E-state index in [1.807, 2.05) is 18.2 Å². The third-order valence-corrected chi connectivity index (χ3v) is 5.24. The number of hydrogen-bond acceptors (Lipinski definition) is 7. The van der Waals surface area contributed by atoms with Crippen LogP contribution in [0.2, 0.25) is 0 Å². The highest BCUT2D eigenvalue weighted by atomic mass is 16.6. The summed E-state index contributed by atoms with van der Waals surface area (Å²) in [4.78, 5) is 19.7. The van der Waals surface area contributed by atoms with Crippen molar-refractivity contribution in [3.8, 4) is 11.5 Å². The van der Waals surface area contributed by atoms with Crippen LogP contribution in [0.1, 0.15) is 48.8 Å². The summed E-state index contributed by atoms with van der Waals surface area (Å²) in [5.74, 6) is 3.55. The van der Waals surface area contributed by atoms with E-state index in [4.69, 9.17) is 14.0 Å². The van der Waals surface area contributed by atoms with Crippen LogP contribution in [-0.2, 0) is 13.0 Å². The Labute approximate surface area is 165 Å². The highest BCUT2D eigenvalue weighted by Crippen LogP contribution is 2.32. The van der Waals surface area contributed by atoms with Crippen LogP contribution in [0.25, 0.3) is 0 Å². The summed E-state index contributed by atoms with van der Waals surface area (Å²) < 4.78 is 16.5. The largest absolute Gasteiger partial charge is 0.486 e. The fourth-order valence-corrected chi connectivity index (χ4v) is 3.77. The first-order valence-corrected chi connectivity index (χ1v) is 10.1. The SMILES string of the molecule is CC(C)Cc1nc(CN2CCC(C(=O)c3ccc4c(c3)OCCO4)CC2)no1. The van der Waals surface area contributed by atoms with E-state index in [1.54, 1.807) is 0 Å². The number of carbonyl (C=O) groups is 1. The maximum atomic E-state index is 12.9. The molecule has 0 unspecified atom stereocenters. The highest BCUT2D eigenvalue weighted by molar-refractivity contribution is 5.98. The van der Waals surface area contributed by atoms with Crippen LogP contribution in [0.4, 0.5) is 0 Å². The fraction of sp³-hybridized carbons (Fsp3) is 0.571. The number of Topliss-reactive ketones (excluding diaryl/α,β-unsaturated/α-hetero) is 1. The molecule has 0 radical (unpaired) electrons. The van der Waals surface area contributed by atoms with Gasteiger partial charge in [-0.15, -0.1) is 0 Å². The van der Waals surface area contributed by atoms with Gasteiger partial charge in [-0.1, -0.05) is 19.0 Å². The van der Waals surface area contributed by atoms with Crippen LogP contribution < -0.4 is 9.47 Å². The van der Waals surface area contributed by atoms with Gasteiger partial charge in [-0.05, 0) is 50.0 Å². The molecule has 1 aromatic carbocycles. The summed E-state index contributed by atoms with van der Waals surface area (Å²) in [6.45, 7) is 7.73. The molecule has 7 nitrogen and oxygen atoms in total. The Morgan fingerprint density at radius 3 is 2.68 bits per heavy atom. The van der Waals surface area contributed by atoms with Gasteiger partial charge in [0.2, 0.25) is 5.89 Å². The Balaban J connectivity index is 1.31. The topological polar surface area (TPSA) is 77.7 Å². The van der Waals surface area contributed by atoms with Crippen molar-refractivity contribution in [1.29, 1.82) is 0 Å². The zero-order valence-corrected chi connectivity index (χ0v) is 16.5. The van der Waals surface area contributed by atoms with Crippen LogP contribution in [-0.4, -0.2) is 47.1 Å². The number of hydrogen-bond donors (Lipinski definition) is 0. The third-order valence-electron chi connectivity index (χ3n) is 5.24. The smallest absolute Gasteiger partial charge is 0.226 e. The number of piperidine rings is 1. The van der Waals surface area contributed by atoms with E-state index < -0.39 is 0 Å². The van der Waals surface area contributed by atoms with Gasteiger partial charge in [-0.3, -0.25) is 9.69 Å². The van der Waals surface area contributed by atoms with E-state index in [0.717, 1.165) is 43.9 Å². The van der Waals surface area contributed by atoms with Gasteiger partial charge in [-0.2, -0.15) is 4.98 Å². The Hall–Kier alpha value is -2.41. The van der Waals surface area contributed by atoms with Crippen molar-refractivity contribution in [2.45, 2.75) is 39.7 Å². The second-order valence-electron chi connectivity index (χ2n) is 7.98. The van der Waals surface area contributed by atoms with Crippen molar-refractivity contribution in [3.05, 3.63) is 35.5 Å². The molecule has 3 heterocycles. The van der Waals surface area contributed by atoms with E-state index in [0.29, 0.717) is 42.9 Å². The standard InChI is InChI=1S/C21H27N3O4/c1-14(2)11-20-22-19(23-28-20)13-24-7-5-15(6-8-24)21(25)16-3-4-17-18(12-16)27-10-9-26-17/h3-4,12,14-15H,5-11,13H2,1-2H3. The first-order valence-electron chi connectivity index (χ1n) is 10.1. The molecule has 0 spiro atoms. The van der Waals surface area contributed by atoms with Crippen LogP contribution in [0.15, 0.2) is 22.7 Å². The lowest BCUT2D eigenvalue weighted by Crippen LogP contribution is -2.36. The van der Waals surface area contributed by atoms with E-state index >= 15 is 0 Å². The number of rotatable bonds is 6. The molecule has 0 amide bonds. The minimum atomic E-state index is 0.0422. The molecule has 7 heteroatoms. The van der Waals surface area contributed by atoms with Crippen molar-refractivity contribution >= 4 is 5.78 Å². The average Bonchev–Trinajstić information content (AvgIpc) is 3.13. The summed E-state index contributed by atoms with van der Waals surface area (Å²) in [6.07, 6.45) is 2.48. The van der Waals surface area contributed by atoms with Crippen molar-refractivity contribution in [2.75, 3.05) is 26.3 Å². The van der Waals surface area contributed by atoms with Gasteiger partial charge < -0.3 is 14.0 Å². The lowest BCUT2D eigenvalue weighted by atomic mass is 9.88. The summed E-state index contributed by atoms with van der Waals surface area (Å²) in [5.41, 5.74) is 0.708. The van der Waals surface area contributed by atoms with Crippen molar-refractivity contribution in [3.63, 3.8) is 0 Å². The van der Waals surface area contributed by atoms with Crippen molar-refractivity contribution in [1.82, 2.24) is 15.0 Å². The first kappa shape index (κ1) is 18.9. The predicted octanol–water partition coefficient (Wildman–Crippen LogP) is 3.13. The molecule has 0 aliphatic carbocycles. The van der Waals surface area contributed by atoms with E-state index in [-0.39, 0.29) is 11.7 Å². The van der Waals surface area contributed by atoms with Gasteiger partial charge in [0.1, 0.15) is 13.2 Å². The Morgan fingerprint density at radius 1 is 1.18 bits per heavy atom. The van der Waals surface area contributed by atoms with Crippen LogP contribution in [0.5, 0.6) is 11.5 Å². The molecular formula is C21H27N3O4. The molecule has 0 N–H and O–H groups in total. The monoisotopic (exact) mass is 385 g/mol. The predicted molar refractivity (Wildman–Crippen MR) is 103 cm³/mol. The first-order chi connectivity index (χ1) is 13.6. The molecule has 0 bridgehead atoms. The van der Waals surface area contributed by atoms with Gasteiger partial charge in [0, 0.05) is 17.9 Å². The van der Waals surface area contributed by atoms with E-state index in [9.17, 15) is 4.79 Å². The zero-order chi connectivity index (χ0) is 19.5. The summed E-state index contributed by atoms with van der Waals surface area (Å²) in [7, 11) is 0. The number of aromatic nitrogens is 2. The van der Waals surface area contributed by atoms with Crippen LogP contribution in [0.3, 0.4) is 0 Å². The number of benzene rings is 1. The maximum Gasteiger partial charge on any atom is 0.226 e. The number of likely N-dealkylation sites (tertiary alicyclic amines) is 1.